The zero-order chi connectivity index (χ0) is 17.2. The van der Waals surface area contributed by atoms with E-state index in [1.54, 1.807) is 12.1 Å². The van der Waals surface area contributed by atoms with Crippen LogP contribution in [0.15, 0.2) is 33.9 Å². The van der Waals surface area contributed by atoms with Crippen LogP contribution in [0, 0.1) is 12.8 Å². The summed E-state index contributed by atoms with van der Waals surface area (Å²) < 4.78 is 28.1. The Balaban J connectivity index is 2.28. The molecule has 124 valence electrons. The topological polar surface area (TPSA) is 102 Å². The molecule has 0 saturated carbocycles. The lowest BCUT2D eigenvalue weighted by Gasteiger charge is -2.19. The fraction of sp³-hybridized carbons (Fsp3) is 0.400. The zero-order valence-electron chi connectivity index (χ0n) is 13.4. The van der Waals surface area contributed by atoms with Crippen molar-refractivity contribution in [2.24, 2.45) is 5.92 Å². The summed E-state index contributed by atoms with van der Waals surface area (Å²) in [6.07, 6.45) is 0.987. The SMILES string of the molecule is Cc1ccccc1C(=O)N[C@H](c1nnc(S(C)(=O)=O)o1)C(C)C. The molecule has 0 aliphatic rings. The number of benzene rings is 1. The summed E-state index contributed by atoms with van der Waals surface area (Å²) in [5, 5.41) is 9.66. The molecule has 0 fully saturated rings. The molecule has 0 aliphatic heterocycles. The minimum absolute atomic E-state index is 0.0594. The minimum atomic E-state index is -3.58. The van der Waals surface area contributed by atoms with Gasteiger partial charge in [-0.1, -0.05) is 37.1 Å². The molecule has 0 radical (unpaired) electrons. The molecule has 0 aliphatic carbocycles. The maximum absolute atomic E-state index is 12.4. The third kappa shape index (κ3) is 3.95. The van der Waals surface area contributed by atoms with E-state index in [0.29, 0.717) is 5.56 Å². The summed E-state index contributed by atoms with van der Waals surface area (Å²) in [7, 11) is -3.58. The third-order valence-corrected chi connectivity index (χ3v) is 4.15. The average Bonchev–Trinajstić information content (AvgIpc) is 2.94. The van der Waals surface area contributed by atoms with Gasteiger partial charge >= 0.3 is 5.22 Å². The number of carbonyl (C=O) groups is 1. The molecular weight excluding hydrogens is 318 g/mol. The number of hydrogen-bond donors (Lipinski definition) is 1. The number of aromatic nitrogens is 2. The number of rotatable bonds is 5. The Morgan fingerprint density at radius 3 is 2.39 bits per heavy atom. The maximum Gasteiger partial charge on any atom is 0.335 e. The van der Waals surface area contributed by atoms with Crippen molar-refractivity contribution in [1.82, 2.24) is 15.5 Å². The minimum Gasteiger partial charge on any atom is -0.410 e. The number of hydrogen-bond acceptors (Lipinski definition) is 6. The molecule has 8 heteroatoms. The standard InChI is InChI=1S/C15H19N3O4S/c1-9(2)12(14-17-18-15(22-14)23(4,20)21)16-13(19)11-8-6-5-7-10(11)3/h5-9,12H,1-4H3,(H,16,19)/t12-/m0/s1. The van der Waals surface area contributed by atoms with E-state index in [0.717, 1.165) is 11.8 Å². The second kappa shape index (κ2) is 6.49. The highest BCUT2D eigenvalue weighted by Crippen LogP contribution is 2.22. The molecule has 23 heavy (non-hydrogen) atoms. The van der Waals surface area contributed by atoms with Crippen molar-refractivity contribution in [3.63, 3.8) is 0 Å². The molecule has 1 heterocycles. The Hall–Kier alpha value is -2.22. The van der Waals surface area contributed by atoms with E-state index in [-0.39, 0.29) is 17.7 Å². The van der Waals surface area contributed by atoms with Gasteiger partial charge in [0.05, 0.1) is 0 Å². The molecule has 1 aromatic heterocycles. The summed E-state index contributed by atoms with van der Waals surface area (Å²) in [4.78, 5) is 12.4. The van der Waals surface area contributed by atoms with Gasteiger partial charge in [-0.25, -0.2) is 8.42 Å². The number of nitrogens with one attached hydrogen (secondary N) is 1. The molecule has 7 nitrogen and oxygen atoms in total. The van der Waals surface area contributed by atoms with Gasteiger partial charge in [0.25, 0.3) is 5.91 Å². The van der Waals surface area contributed by atoms with Crippen LogP contribution in [0.2, 0.25) is 0 Å². The fourth-order valence-electron chi connectivity index (χ4n) is 2.06. The van der Waals surface area contributed by atoms with Crippen LogP contribution in [0.4, 0.5) is 0 Å². The lowest BCUT2D eigenvalue weighted by molar-refractivity contribution is 0.0914. The molecule has 0 saturated heterocycles. The molecular formula is C15H19N3O4S. The van der Waals surface area contributed by atoms with Gasteiger partial charge in [-0.15, -0.1) is 5.10 Å². The number of nitrogens with zero attached hydrogens (tertiary/aromatic N) is 2. The largest absolute Gasteiger partial charge is 0.410 e. The fourth-order valence-corrected chi connectivity index (χ4v) is 2.48. The summed E-state index contributed by atoms with van der Waals surface area (Å²) in [6.45, 7) is 5.58. The van der Waals surface area contributed by atoms with Gasteiger partial charge in [-0.2, -0.15) is 0 Å². The van der Waals surface area contributed by atoms with Crippen molar-refractivity contribution in [1.29, 1.82) is 0 Å². The monoisotopic (exact) mass is 337 g/mol. The van der Waals surface area contributed by atoms with E-state index in [1.807, 2.05) is 32.9 Å². The summed E-state index contributed by atoms with van der Waals surface area (Å²) >= 11 is 0. The number of carbonyl (C=O) groups excluding carboxylic acids is 1. The van der Waals surface area contributed by atoms with E-state index >= 15 is 0 Å². The van der Waals surface area contributed by atoms with E-state index in [9.17, 15) is 13.2 Å². The predicted octanol–water partition coefficient (Wildman–Crippen LogP) is 1.91. The Labute approximate surface area is 135 Å². The van der Waals surface area contributed by atoms with Crippen LogP contribution < -0.4 is 5.32 Å². The normalized spacial score (nSPS) is 13.1. The molecule has 2 rings (SSSR count). The molecule has 0 unspecified atom stereocenters. The molecule has 1 N–H and O–H groups in total. The van der Waals surface area contributed by atoms with Crippen LogP contribution in [-0.2, 0) is 9.84 Å². The van der Waals surface area contributed by atoms with E-state index in [1.165, 1.54) is 0 Å². The van der Waals surface area contributed by atoms with Crippen molar-refractivity contribution < 1.29 is 17.6 Å². The molecule has 0 bridgehead atoms. The van der Waals surface area contributed by atoms with Crippen LogP contribution in [-0.4, -0.2) is 30.8 Å². The van der Waals surface area contributed by atoms with Gasteiger partial charge in [0, 0.05) is 11.8 Å². The van der Waals surface area contributed by atoms with Gasteiger partial charge in [-0.3, -0.25) is 4.79 Å². The first-order chi connectivity index (χ1) is 10.7. The summed E-state index contributed by atoms with van der Waals surface area (Å²) in [5.41, 5.74) is 1.39. The van der Waals surface area contributed by atoms with E-state index in [2.05, 4.69) is 15.5 Å². The van der Waals surface area contributed by atoms with Gasteiger partial charge in [0.2, 0.25) is 15.7 Å². The number of sulfone groups is 1. The Morgan fingerprint density at radius 1 is 1.22 bits per heavy atom. The first-order valence-electron chi connectivity index (χ1n) is 7.10. The molecule has 1 atom stereocenters. The number of amides is 1. The third-order valence-electron chi connectivity index (χ3n) is 3.35. The molecule has 1 amide bonds. The first-order valence-corrected chi connectivity index (χ1v) is 8.99. The van der Waals surface area contributed by atoms with Crippen molar-refractivity contribution in [3.05, 3.63) is 41.3 Å². The van der Waals surface area contributed by atoms with Crippen LogP contribution in [0.3, 0.4) is 0 Å². The van der Waals surface area contributed by atoms with E-state index in [4.69, 9.17) is 4.42 Å². The van der Waals surface area contributed by atoms with Crippen LogP contribution in [0.5, 0.6) is 0 Å². The average molecular weight is 337 g/mol. The smallest absolute Gasteiger partial charge is 0.335 e. The maximum atomic E-state index is 12.4. The summed E-state index contributed by atoms with van der Waals surface area (Å²) in [5.74, 6) is -0.265. The molecule has 2 aromatic rings. The van der Waals surface area contributed by atoms with Crippen molar-refractivity contribution >= 4 is 15.7 Å². The second-order valence-corrected chi connectivity index (χ2v) is 7.58. The Kier molecular flexibility index (Phi) is 4.84. The van der Waals surface area contributed by atoms with Gasteiger partial charge in [-0.05, 0) is 24.5 Å². The van der Waals surface area contributed by atoms with Gasteiger partial charge in [0.1, 0.15) is 6.04 Å². The van der Waals surface area contributed by atoms with E-state index < -0.39 is 21.1 Å². The van der Waals surface area contributed by atoms with Crippen LogP contribution in [0.25, 0.3) is 0 Å². The lowest BCUT2D eigenvalue weighted by atomic mass is 10.0. The van der Waals surface area contributed by atoms with Crippen molar-refractivity contribution in [2.45, 2.75) is 32.0 Å². The molecule has 1 aromatic carbocycles. The lowest BCUT2D eigenvalue weighted by Crippen LogP contribution is -2.32. The zero-order valence-corrected chi connectivity index (χ0v) is 14.2. The molecule has 0 spiro atoms. The quantitative estimate of drug-likeness (QED) is 0.894. The summed E-state index contributed by atoms with van der Waals surface area (Å²) in [6, 6.07) is 6.61. The van der Waals surface area contributed by atoms with Crippen molar-refractivity contribution in [3.8, 4) is 0 Å². The van der Waals surface area contributed by atoms with Crippen LogP contribution >= 0.6 is 0 Å². The second-order valence-electron chi connectivity index (χ2n) is 5.69. The van der Waals surface area contributed by atoms with Crippen molar-refractivity contribution in [2.75, 3.05) is 6.26 Å². The highest BCUT2D eigenvalue weighted by atomic mass is 32.2. The van der Waals surface area contributed by atoms with Gasteiger partial charge < -0.3 is 9.73 Å². The Bertz CT molecular complexity index is 812. The number of aryl methyl sites for hydroxylation is 1. The Morgan fingerprint density at radius 2 is 1.87 bits per heavy atom. The highest BCUT2D eigenvalue weighted by Gasteiger charge is 2.27. The first kappa shape index (κ1) is 17.1. The highest BCUT2D eigenvalue weighted by molar-refractivity contribution is 7.90. The van der Waals surface area contributed by atoms with Crippen LogP contribution in [0.1, 0.15) is 41.7 Å². The predicted molar refractivity (Wildman–Crippen MR) is 83.6 cm³/mol. The van der Waals surface area contributed by atoms with Gasteiger partial charge in [0.15, 0.2) is 0 Å².